The normalized spacial score (nSPS) is 18.4. The fourth-order valence-corrected chi connectivity index (χ4v) is 4.25. The fraction of sp³-hybridized carbons (Fsp3) is 0.455. The predicted octanol–water partition coefficient (Wildman–Crippen LogP) is 3.47. The molecule has 28 heavy (non-hydrogen) atoms. The lowest BCUT2D eigenvalue weighted by molar-refractivity contribution is -0.115. The number of aromatic nitrogens is 1. The number of nitrogens with one attached hydrogen (secondary N) is 1. The molecule has 0 radical (unpaired) electrons. The van der Waals surface area contributed by atoms with Gasteiger partial charge in [0.15, 0.2) is 0 Å². The van der Waals surface area contributed by atoms with Crippen LogP contribution in [0, 0.1) is 5.82 Å². The topological polar surface area (TPSA) is 48.5 Å². The molecular formula is C22H27FN4O. The highest BCUT2D eigenvalue weighted by Gasteiger charge is 2.26. The number of carbonyl (C=O) groups excluding carboxylic acids is 1. The number of halogens is 1. The maximum absolute atomic E-state index is 13.0. The van der Waals surface area contributed by atoms with Gasteiger partial charge in [-0.15, -0.1) is 0 Å². The molecule has 0 unspecified atom stereocenters. The third-order valence-electron chi connectivity index (χ3n) is 5.79. The van der Waals surface area contributed by atoms with Crippen molar-refractivity contribution in [2.75, 3.05) is 36.4 Å². The largest absolute Gasteiger partial charge is 0.354 e. The van der Waals surface area contributed by atoms with E-state index in [9.17, 15) is 9.18 Å². The molecule has 2 fully saturated rings. The van der Waals surface area contributed by atoms with Gasteiger partial charge < -0.3 is 10.2 Å². The van der Waals surface area contributed by atoms with E-state index in [0.29, 0.717) is 0 Å². The lowest BCUT2D eigenvalue weighted by Crippen LogP contribution is -2.50. The molecular weight excluding hydrogens is 355 g/mol. The van der Waals surface area contributed by atoms with E-state index < -0.39 is 0 Å². The first kappa shape index (κ1) is 18.9. The first-order valence-electron chi connectivity index (χ1n) is 10.2. The molecule has 1 aliphatic heterocycles. The van der Waals surface area contributed by atoms with Gasteiger partial charge in [0.05, 0.1) is 6.42 Å². The lowest BCUT2D eigenvalue weighted by Gasteiger charge is -2.38. The van der Waals surface area contributed by atoms with Crippen molar-refractivity contribution < 1.29 is 9.18 Å². The van der Waals surface area contributed by atoms with Crippen molar-refractivity contribution in [2.45, 2.75) is 38.1 Å². The van der Waals surface area contributed by atoms with Crippen LogP contribution in [0.3, 0.4) is 0 Å². The second-order valence-electron chi connectivity index (χ2n) is 7.72. The van der Waals surface area contributed by atoms with E-state index in [1.54, 1.807) is 24.4 Å². The number of hydrogen-bond donors (Lipinski definition) is 1. The molecule has 1 N–H and O–H groups in total. The number of nitrogens with zero attached hydrogens (tertiary/aromatic N) is 3. The molecule has 6 heteroatoms. The highest BCUT2D eigenvalue weighted by molar-refractivity contribution is 5.92. The Morgan fingerprint density at radius 1 is 1.07 bits per heavy atom. The van der Waals surface area contributed by atoms with E-state index in [1.165, 1.54) is 37.8 Å². The molecule has 0 atom stereocenters. The van der Waals surface area contributed by atoms with Gasteiger partial charge in [-0.3, -0.25) is 9.69 Å². The highest BCUT2D eigenvalue weighted by Crippen LogP contribution is 2.25. The van der Waals surface area contributed by atoms with Crippen molar-refractivity contribution in [1.82, 2.24) is 9.88 Å². The lowest BCUT2D eigenvalue weighted by atomic mass is 10.1. The first-order valence-corrected chi connectivity index (χ1v) is 10.2. The number of anilines is 2. The Bertz CT molecular complexity index is 796. The van der Waals surface area contributed by atoms with E-state index in [0.717, 1.165) is 49.3 Å². The second kappa shape index (κ2) is 8.69. The van der Waals surface area contributed by atoms with Crippen LogP contribution in [0.4, 0.5) is 15.9 Å². The van der Waals surface area contributed by atoms with E-state index in [2.05, 4.69) is 20.1 Å². The van der Waals surface area contributed by atoms with Gasteiger partial charge in [0, 0.05) is 50.2 Å². The summed E-state index contributed by atoms with van der Waals surface area (Å²) in [6.07, 6.45) is 7.38. The summed E-state index contributed by atoms with van der Waals surface area (Å²) in [5.41, 5.74) is 1.53. The number of carbonyl (C=O) groups is 1. The number of amides is 1. The maximum Gasteiger partial charge on any atom is 0.228 e. The van der Waals surface area contributed by atoms with E-state index >= 15 is 0 Å². The van der Waals surface area contributed by atoms with Crippen LogP contribution in [0.1, 0.15) is 31.2 Å². The second-order valence-corrected chi connectivity index (χ2v) is 7.72. The minimum Gasteiger partial charge on any atom is -0.354 e. The Morgan fingerprint density at radius 2 is 1.79 bits per heavy atom. The summed E-state index contributed by atoms with van der Waals surface area (Å²) in [6.45, 7) is 4.09. The molecule has 4 rings (SSSR count). The van der Waals surface area contributed by atoms with Gasteiger partial charge in [-0.1, -0.05) is 25.0 Å². The monoisotopic (exact) mass is 382 g/mol. The first-order chi connectivity index (χ1) is 13.7. The molecule has 2 aromatic rings. The van der Waals surface area contributed by atoms with Crippen molar-refractivity contribution in [3.8, 4) is 0 Å². The maximum atomic E-state index is 13.0. The van der Waals surface area contributed by atoms with Crippen LogP contribution < -0.4 is 10.2 Å². The average Bonchev–Trinajstić information content (AvgIpc) is 3.25. The van der Waals surface area contributed by atoms with Gasteiger partial charge in [-0.2, -0.15) is 0 Å². The number of pyridine rings is 1. The summed E-state index contributed by atoms with van der Waals surface area (Å²) in [7, 11) is 0. The van der Waals surface area contributed by atoms with Crippen LogP contribution in [0.25, 0.3) is 0 Å². The SMILES string of the molecule is O=C(Cc1ccc(F)cc1)Nc1ccnc(N2CCN(C3CCCC3)CC2)c1. The zero-order valence-electron chi connectivity index (χ0n) is 16.1. The Morgan fingerprint density at radius 3 is 2.50 bits per heavy atom. The summed E-state index contributed by atoms with van der Waals surface area (Å²) >= 11 is 0. The van der Waals surface area contributed by atoms with Crippen LogP contribution in [0.5, 0.6) is 0 Å². The number of hydrogen-bond acceptors (Lipinski definition) is 4. The third-order valence-corrected chi connectivity index (χ3v) is 5.79. The van der Waals surface area contributed by atoms with Crippen molar-refractivity contribution in [2.24, 2.45) is 0 Å². The minimum absolute atomic E-state index is 0.116. The molecule has 148 valence electrons. The summed E-state index contributed by atoms with van der Waals surface area (Å²) in [5, 5.41) is 2.93. The minimum atomic E-state index is -0.295. The molecule has 1 amide bonds. The van der Waals surface area contributed by atoms with Crippen LogP contribution in [-0.2, 0) is 11.2 Å². The molecule has 5 nitrogen and oxygen atoms in total. The predicted molar refractivity (Wildman–Crippen MR) is 109 cm³/mol. The van der Waals surface area contributed by atoms with Gasteiger partial charge in [0.2, 0.25) is 5.91 Å². The molecule has 0 spiro atoms. The third kappa shape index (κ3) is 4.68. The van der Waals surface area contributed by atoms with Gasteiger partial charge in [0.25, 0.3) is 0 Å². The molecule has 1 aliphatic carbocycles. The Hall–Kier alpha value is -2.47. The molecule has 1 saturated heterocycles. The van der Waals surface area contributed by atoms with Gasteiger partial charge in [-0.05, 0) is 36.6 Å². The average molecular weight is 382 g/mol. The number of benzene rings is 1. The smallest absolute Gasteiger partial charge is 0.228 e. The van der Waals surface area contributed by atoms with Crippen molar-refractivity contribution in [1.29, 1.82) is 0 Å². The number of rotatable bonds is 5. The Balaban J connectivity index is 1.32. The Labute approximate surface area is 165 Å². The molecule has 2 heterocycles. The molecule has 2 aliphatic rings. The van der Waals surface area contributed by atoms with E-state index in [4.69, 9.17) is 0 Å². The van der Waals surface area contributed by atoms with Gasteiger partial charge >= 0.3 is 0 Å². The highest BCUT2D eigenvalue weighted by atomic mass is 19.1. The molecule has 1 aromatic carbocycles. The number of piperazine rings is 1. The van der Waals surface area contributed by atoms with E-state index in [-0.39, 0.29) is 18.1 Å². The van der Waals surface area contributed by atoms with E-state index in [1.807, 2.05) is 6.07 Å². The standard InChI is InChI=1S/C22H27FN4O/c23-18-7-5-17(6-8-18)15-22(28)25-19-9-10-24-21(16-19)27-13-11-26(12-14-27)20-3-1-2-4-20/h5-10,16,20H,1-4,11-15H2,(H,24,25,28). The van der Waals surface area contributed by atoms with Gasteiger partial charge in [0.1, 0.15) is 11.6 Å². The van der Waals surface area contributed by atoms with Crippen LogP contribution >= 0.6 is 0 Å². The van der Waals surface area contributed by atoms with Crippen LogP contribution in [0.15, 0.2) is 42.6 Å². The summed E-state index contributed by atoms with van der Waals surface area (Å²) in [4.78, 5) is 21.7. The van der Waals surface area contributed by atoms with Crippen molar-refractivity contribution in [3.63, 3.8) is 0 Å². The Kier molecular flexibility index (Phi) is 5.86. The van der Waals surface area contributed by atoms with Crippen molar-refractivity contribution >= 4 is 17.4 Å². The zero-order valence-corrected chi connectivity index (χ0v) is 16.1. The molecule has 1 aromatic heterocycles. The van der Waals surface area contributed by atoms with Crippen LogP contribution in [-0.4, -0.2) is 48.0 Å². The fourth-order valence-electron chi connectivity index (χ4n) is 4.25. The molecule has 0 bridgehead atoms. The van der Waals surface area contributed by atoms with Crippen LogP contribution in [0.2, 0.25) is 0 Å². The quantitative estimate of drug-likeness (QED) is 0.860. The molecule has 1 saturated carbocycles. The van der Waals surface area contributed by atoms with Crippen molar-refractivity contribution in [3.05, 3.63) is 54.0 Å². The zero-order chi connectivity index (χ0) is 19.3. The summed E-state index contributed by atoms with van der Waals surface area (Å²) < 4.78 is 13.0. The summed E-state index contributed by atoms with van der Waals surface area (Å²) in [5.74, 6) is 0.497. The summed E-state index contributed by atoms with van der Waals surface area (Å²) in [6, 6.07) is 10.5. The van der Waals surface area contributed by atoms with Gasteiger partial charge in [-0.25, -0.2) is 9.37 Å².